The molecule has 0 aliphatic carbocycles. The van der Waals surface area contributed by atoms with Gasteiger partial charge in [-0.2, -0.15) is 0 Å². The lowest BCUT2D eigenvalue weighted by Gasteiger charge is -2.04. The smallest absolute Gasteiger partial charge is 0.321 e. The molecule has 5 nitrogen and oxygen atoms in total. The number of hydrogen-bond donors (Lipinski definition) is 3. The SMILES string of the molecule is C/C=C\N=C(C)CNC(=O)NC(N)=S. The largest absolute Gasteiger partial charge is 0.376 e. The zero-order chi connectivity index (χ0) is 11.0. The van der Waals surface area contributed by atoms with Gasteiger partial charge in [0, 0.05) is 11.9 Å². The standard InChI is InChI=1S/C8H14N4OS/c1-3-4-10-6(2)5-11-8(13)12-7(9)14/h3-4H,5H2,1-2H3,(H4,9,11,12,13,14)/b4-3-,10-6?. The fraction of sp³-hybridized carbons (Fsp3) is 0.375. The second kappa shape index (κ2) is 7.02. The Hall–Kier alpha value is -1.43. The van der Waals surface area contributed by atoms with Crippen LogP contribution in [0.15, 0.2) is 17.3 Å². The molecular weight excluding hydrogens is 200 g/mol. The monoisotopic (exact) mass is 214 g/mol. The van der Waals surface area contributed by atoms with E-state index in [0.29, 0.717) is 6.54 Å². The number of carbonyl (C=O) groups is 1. The molecule has 14 heavy (non-hydrogen) atoms. The van der Waals surface area contributed by atoms with E-state index >= 15 is 0 Å². The summed E-state index contributed by atoms with van der Waals surface area (Å²) in [7, 11) is 0. The summed E-state index contributed by atoms with van der Waals surface area (Å²) in [6, 6.07) is -0.424. The minimum atomic E-state index is -0.424. The Morgan fingerprint density at radius 1 is 1.64 bits per heavy atom. The van der Waals surface area contributed by atoms with Gasteiger partial charge >= 0.3 is 6.03 Å². The highest BCUT2D eigenvalue weighted by Gasteiger charge is 1.99. The van der Waals surface area contributed by atoms with Crippen molar-refractivity contribution in [1.82, 2.24) is 10.6 Å². The molecule has 0 atom stereocenters. The molecular formula is C8H14N4OS. The Morgan fingerprint density at radius 3 is 2.79 bits per heavy atom. The predicted octanol–water partition coefficient (Wildman–Crippen LogP) is 0.524. The van der Waals surface area contributed by atoms with Gasteiger partial charge in [-0.1, -0.05) is 6.08 Å². The van der Waals surface area contributed by atoms with Crippen molar-refractivity contribution in [2.24, 2.45) is 10.7 Å². The number of urea groups is 1. The molecule has 0 aromatic heterocycles. The van der Waals surface area contributed by atoms with Crippen molar-refractivity contribution in [2.45, 2.75) is 13.8 Å². The van der Waals surface area contributed by atoms with Crippen LogP contribution in [0.4, 0.5) is 4.79 Å². The van der Waals surface area contributed by atoms with Gasteiger partial charge in [-0.15, -0.1) is 0 Å². The van der Waals surface area contributed by atoms with E-state index in [1.165, 1.54) is 0 Å². The zero-order valence-electron chi connectivity index (χ0n) is 8.20. The number of aliphatic imine (C=N–C) groups is 1. The topological polar surface area (TPSA) is 79.5 Å². The van der Waals surface area contributed by atoms with Crippen molar-refractivity contribution in [3.63, 3.8) is 0 Å². The molecule has 0 spiro atoms. The molecule has 6 heteroatoms. The Morgan fingerprint density at radius 2 is 2.29 bits per heavy atom. The number of allylic oxidation sites excluding steroid dienone is 1. The van der Waals surface area contributed by atoms with E-state index in [1.54, 1.807) is 19.2 Å². The minimum absolute atomic E-state index is 0.0504. The first-order valence-electron chi connectivity index (χ1n) is 4.05. The average Bonchev–Trinajstić information content (AvgIpc) is 2.10. The number of nitrogens with zero attached hydrogens (tertiary/aromatic N) is 1. The molecule has 4 N–H and O–H groups in total. The van der Waals surface area contributed by atoms with Crippen LogP contribution >= 0.6 is 12.2 Å². The van der Waals surface area contributed by atoms with Crippen molar-refractivity contribution < 1.29 is 4.79 Å². The quantitative estimate of drug-likeness (QED) is 0.473. The Labute approximate surface area is 88.5 Å². The van der Waals surface area contributed by atoms with Crippen molar-refractivity contribution in [1.29, 1.82) is 0 Å². The second-order valence-electron chi connectivity index (χ2n) is 2.52. The van der Waals surface area contributed by atoms with Crippen LogP contribution in [-0.2, 0) is 0 Å². The van der Waals surface area contributed by atoms with E-state index in [0.717, 1.165) is 5.71 Å². The maximum atomic E-state index is 11.0. The predicted molar refractivity (Wildman–Crippen MR) is 61.2 cm³/mol. The molecule has 78 valence electrons. The Kier molecular flexibility index (Phi) is 6.30. The number of nitrogens with two attached hydrogens (primary N) is 1. The van der Waals surface area contributed by atoms with Gasteiger partial charge in [0.15, 0.2) is 5.11 Å². The minimum Gasteiger partial charge on any atom is -0.376 e. The van der Waals surface area contributed by atoms with Crippen LogP contribution in [-0.4, -0.2) is 23.4 Å². The number of carbonyl (C=O) groups excluding carboxylic acids is 1. The summed E-state index contributed by atoms with van der Waals surface area (Å²) >= 11 is 4.49. The highest BCUT2D eigenvalue weighted by atomic mass is 32.1. The molecule has 0 fully saturated rings. The summed E-state index contributed by atoms with van der Waals surface area (Å²) in [6.45, 7) is 4.03. The Balaban J connectivity index is 3.82. The number of nitrogens with one attached hydrogen (secondary N) is 2. The van der Waals surface area contributed by atoms with Gasteiger partial charge in [0.1, 0.15) is 0 Å². The molecule has 2 amide bonds. The van der Waals surface area contributed by atoms with Crippen LogP contribution in [0.3, 0.4) is 0 Å². The molecule has 0 aliphatic rings. The van der Waals surface area contributed by atoms with Crippen molar-refractivity contribution in [3.05, 3.63) is 12.3 Å². The Bertz CT molecular complexity index is 273. The fourth-order valence-corrected chi connectivity index (χ4v) is 0.704. The number of rotatable bonds is 3. The molecule has 0 aromatic carbocycles. The number of hydrogen-bond acceptors (Lipinski definition) is 3. The third-order valence-corrected chi connectivity index (χ3v) is 1.29. The second-order valence-corrected chi connectivity index (χ2v) is 2.96. The third kappa shape index (κ3) is 7.23. The summed E-state index contributed by atoms with van der Waals surface area (Å²) in [4.78, 5) is 15.0. The van der Waals surface area contributed by atoms with Crippen LogP contribution in [0, 0.1) is 0 Å². The van der Waals surface area contributed by atoms with Crippen LogP contribution in [0.5, 0.6) is 0 Å². The molecule has 0 saturated heterocycles. The third-order valence-electron chi connectivity index (χ3n) is 1.19. The molecule has 0 bridgehead atoms. The van der Waals surface area contributed by atoms with Crippen LogP contribution in [0.2, 0.25) is 0 Å². The van der Waals surface area contributed by atoms with E-state index in [4.69, 9.17) is 5.73 Å². The first-order chi connectivity index (χ1) is 6.56. The van der Waals surface area contributed by atoms with Crippen LogP contribution < -0.4 is 16.4 Å². The summed E-state index contributed by atoms with van der Waals surface area (Å²) in [5, 5.41) is 4.73. The van der Waals surface area contributed by atoms with E-state index < -0.39 is 6.03 Å². The number of thiocarbonyl (C=S) groups is 1. The average molecular weight is 214 g/mol. The number of amides is 2. The highest BCUT2D eigenvalue weighted by Crippen LogP contribution is 1.79. The van der Waals surface area contributed by atoms with Gasteiger partial charge in [-0.05, 0) is 26.1 Å². The molecule has 0 saturated carbocycles. The van der Waals surface area contributed by atoms with Crippen molar-refractivity contribution in [3.8, 4) is 0 Å². The molecule has 0 heterocycles. The maximum absolute atomic E-state index is 11.0. The van der Waals surface area contributed by atoms with Crippen LogP contribution in [0.1, 0.15) is 13.8 Å². The van der Waals surface area contributed by atoms with Gasteiger partial charge in [-0.3, -0.25) is 10.3 Å². The first-order valence-corrected chi connectivity index (χ1v) is 4.45. The molecule has 0 rings (SSSR count). The van der Waals surface area contributed by atoms with E-state index in [1.807, 2.05) is 6.92 Å². The van der Waals surface area contributed by atoms with Gasteiger partial charge in [0.2, 0.25) is 0 Å². The van der Waals surface area contributed by atoms with E-state index in [9.17, 15) is 4.79 Å². The lowest BCUT2D eigenvalue weighted by molar-refractivity contribution is 0.246. The van der Waals surface area contributed by atoms with Gasteiger partial charge < -0.3 is 11.1 Å². The van der Waals surface area contributed by atoms with Crippen molar-refractivity contribution >= 4 is 29.1 Å². The molecule has 0 aliphatic heterocycles. The van der Waals surface area contributed by atoms with Gasteiger partial charge in [0.25, 0.3) is 0 Å². The van der Waals surface area contributed by atoms with Gasteiger partial charge in [-0.25, -0.2) is 4.79 Å². The van der Waals surface area contributed by atoms with E-state index in [2.05, 4.69) is 27.8 Å². The fourth-order valence-electron chi connectivity index (χ4n) is 0.612. The summed E-state index contributed by atoms with van der Waals surface area (Å²) in [5.41, 5.74) is 5.89. The van der Waals surface area contributed by atoms with E-state index in [-0.39, 0.29) is 5.11 Å². The highest BCUT2D eigenvalue weighted by molar-refractivity contribution is 7.80. The molecule has 0 unspecified atom stereocenters. The maximum Gasteiger partial charge on any atom is 0.321 e. The zero-order valence-corrected chi connectivity index (χ0v) is 9.02. The normalized spacial score (nSPS) is 11.4. The molecule has 0 aromatic rings. The molecule has 0 radical (unpaired) electrons. The lowest BCUT2D eigenvalue weighted by atomic mass is 10.4. The van der Waals surface area contributed by atoms with Crippen LogP contribution in [0.25, 0.3) is 0 Å². The van der Waals surface area contributed by atoms with Gasteiger partial charge in [0.05, 0.1) is 6.54 Å². The summed E-state index contributed by atoms with van der Waals surface area (Å²) in [5.74, 6) is 0. The first kappa shape index (κ1) is 12.6. The lowest BCUT2D eigenvalue weighted by Crippen LogP contribution is -2.43. The summed E-state index contributed by atoms with van der Waals surface area (Å²) in [6.07, 6.45) is 3.46. The summed E-state index contributed by atoms with van der Waals surface area (Å²) < 4.78 is 0. The van der Waals surface area contributed by atoms with Crippen molar-refractivity contribution in [2.75, 3.05) is 6.54 Å².